The maximum absolute atomic E-state index is 11.9. The van der Waals surface area contributed by atoms with Crippen LogP contribution in [0.25, 0.3) is 0 Å². The van der Waals surface area contributed by atoms with Crippen LogP contribution < -0.4 is 4.83 Å². The van der Waals surface area contributed by atoms with Crippen LogP contribution in [0.2, 0.25) is 0 Å². The predicted molar refractivity (Wildman–Crippen MR) is 67.7 cm³/mol. The van der Waals surface area contributed by atoms with Crippen molar-refractivity contribution in [1.29, 1.82) is 0 Å². The molecule has 1 N–H and O–H groups in total. The second-order valence-electron chi connectivity index (χ2n) is 4.15. The largest absolute Gasteiger partial charge is 0.299 e. The summed E-state index contributed by atoms with van der Waals surface area (Å²) in [7, 11) is -3.63. The van der Waals surface area contributed by atoms with E-state index in [1.54, 1.807) is 18.2 Å². The molecule has 1 aromatic carbocycles. The van der Waals surface area contributed by atoms with Crippen molar-refractivity contribution in [2.75, 3.05) is 0 Å². The molecule has 0 saturated heterocycles. The molecule has 0 amide bonds. The van der Waals surface area contributed by atoms with E-state index in [2.05, 4.69) is 9.93 Å². The lowest BCUT2D eigenvalue weighted by atomic mass is 9.97. The zero-order valence-corrected chi connectivity index (χ0v) is 10.6. The maximum Gasteiger partial charge on any atom is 0.276 e. The molecular weight excluding hydrogens is 252 g/mol. The molecule has 0 aliphatic heterocycles. The van der Waals surface area contributed by atoms with Crippen molar-refractivity contribution >= 4 is 21.5 Å². The average molecular weight is 266 g/mol. The summed E-state index contributed by atoms with van der Waals surface area (Å²) >= 11 is 0. The molecule has 0 atom stereocenters. The van der Waals surface area contributed by atoms with E-state index in [0.717, 1.165) is 6.42 Å². The van der Waals surface area contributed by atoms with Gasteiger partial charge in [-0.25, -0.2) is 4.83 Å². The highest BCUT2D eigenvalue weighted by atomic mass is 32.2. The first kappa shape index (κ1) is 12.8. The number of hydrazone groups is 1. The average Bonchev–Trinajstić information content (AvgIpc) is 2.38. The Labute approximate surface area is 106 Å². The van der Waals surface area contributed by atoms with Crippen LogP contribution in [-0.4, -0.2) is 19.9 Å². The molecule has 5 nitrogen and oxygen atoms in total. The van der Waals surface area contributed by atoms with Crippen LogP contribution in [0.4, 0.5) is 0 Å². The Morgan fingerprint density at radius 3 is 2.50 bits per heavy atom. The Bertz CT molecular complexity index is 564. The first-order valence-corrected chi connectivity index (χ1v) is 7.20. The van der Waals surface area contributed by atoms with Gasteiger partial charge in [0.15, 0.2) is 0 Å². The zero-order chi connectivity index (χ0) is 13.0. The standard InChI is InChI=1S/C12H14N2O3S/c15-11-6-4-5-10(9-11)13-14-18(16,17)12-7-2-1-3-8-12/h1-3,7-8,14H,4-6,9H2/b13-10+. The van der Waals surface area contributed by atoms with Crippen LogP contribution in [0.1, 0.15) is 25.7 Å². The fourth-order valence-corrected chi connectivity index (χ4v) is 2.64. The van der Waals surface area contributed by atoms with Crippen LogP contribution >= 0.6 is 0 Å². The Hall–Kier alpha value is -1.69. The van der Waals surface area contributed by atoms with E-state index < -0.39 is 10.0 Å². The third-order valence-corrected chi connectivity index (χ3v) is 3.92. The third-order valence-electron chi connectivity index (χ3n) is 2.70. The van der Waals surface area contributed by atoms with Gasteiger partial charge in [0.05, 0.1) is 4.90 Å². The highest BCUT2D eigenvalue weighted by Crippen LogP contribution is 2.12. The summed E-state index contributed by atoms with van der Waals surface area (Å²) in [4.78, 5) is 13.5. The van der Waals surface area contributed by atoms with Gasteiger partial charge in [-0.2, -0.15) is 13.5 Å². The summed E-state index contributed by atoms with van der Waals surface area (Å²) in [5, 5.41) is 3.84. The first-order valence-electron chi connectivity index (χ1n) is 5.72. The van der Waals surface area contributed by atoms with Gasteiger partial charge < -0.3 is 0 Å². The second kappa shape index (κ2) is 5.30. The molecule has 0 heterocycles. The molecule has 96 valence electrons. The summed E-state index contributed by atoms with van der Waals surface area (Å²) in [5.74, 6) is 0.110. The zero-order valence-electron chi connectivity index (χ0n) is 9.80. The van der Waals surface area contributed by atoms with Crippen molar-refractivity contribution in [1.82, 2.24) is 4.83 Å². The summed E-state index contributed by atoms with van der Waals surface area (Å²) in [6, 6.07) is 8.02. The predicted octanol–water partition coefficient (Wildman–Crippen LogP) is 1.46. The van der Waals surface area contributed by atoms with Gasteiger partial charge in [0.25, 0.3) is 10.0 Å². The van der Waals surface area contributed by atoms with E-state index in [9.17, 15) is 13.2 Å². The van der Waals surface area contributed by atoms with Crippen LogP contribution in [0.5, 0.6) is 0 Å². The van der Waals surface area contributed by atoms with E-state index in [-0.39, 0.29) is 17.1 Å². The molecule has 1 saturated carbocycles. The smallest absolute Gasteiger partial charge is 0.276 e. The number of carbonyl (C=O) groups is 1. The number of sulfonamides is 1. The number of Topliss-reactive ketones (excluding diaryl/α,β-unsaturated/α-hetero) is 1. The van der Waals surface area contributed by atoms with Gasteiger partial charge in [-0.1, -0.05) is 18.2 Å². The fourth-order valence-electron chi connectivity index (χ4n) is 1.77. The van der Waals surface area contributed by atoms with Crippen molar-refractivity contribution < 1.29 is 13.2 Å². The number of hydrogen-bond donors (Lipinski definition) is 1. The summed E-state index contributed by atoms with van der Waals surface area (Å²) in [6.45, 7) is 0. The lowest BCUT2D eigenvalue weighted by Gasteiger charge is -2.11. The van der Waals surface area contributed by atoms with Crippen molar-refractivity contribution in [3.63, 3.8) is 0 Å². The molecule has 0 radical (unpaired) electrons. The molecule has 0 aromatic heterocycles. The lowest BCUT2D eigenvalue weighted by Crippen LogP contribution is -2.23. The first-order chi connectivity index (χ1) is 8.58. The SMILES string of the molecule is O=C1CCC/C(=N\NS(=O)(=O)c2ccccc2)C1. The molecule has 1 aliphatic rings. The number of ketones is 1. The fraction of sp³-hybridized carbons (Fsp3) is 0.333. The van der Waals surface area contributed by atoms with Crippen LogP contribution in [0.3, 0.4) is 0 Å². The van der Waals surface area contributed by atoms with Crippen molar-refractivity contribution in [3.05, 3.63) is 30.3 Å². The molecule has 0 spiro atoms. The third kappa shape index (κ3) is 3.16. The van der Waals surface area contributed by atoms with Crippen molar-refractivity contribution in [2.45, 2.75) is 30.6 Å². The Balaban J connectivity index is 2.10. The number of nitrogens with zero attached hydrogens (tertiary/aromatic N) is 1. The van der Waals surface area contributed by atoms with Crippen LogP contribution in [-0.2, 0) is 14.8 Å². The van der Waals surface area contributed by atoms with Gasteiger partial charge in [0.2, 0.25) is 0 Å². The Morgan fingerprint density at radius 2 is 1.83 bits per heavy atom. The highest BCUT2D eigenvalue weighted by molar-refractivity contribution is 7.89. The minimum atomic E-state index is -3.63. The normalized spacial score (nSPS) is 18.9. The molecule has 1 aromatic rings. The minimum Gasteiger partial charge on any atom is -0.299 e. The number of benzene rings is 1. The topological polar surface area (TPSA) is 75.6 Å². The number of hydrogen-bond acceptors (Lipinski definition) is 4. The number of rotatable bonds is 3. The second-order valence-corrected chi connectivity index (χ2v) is 5.82. The van der Waals surface area contributed by atoms with E-state index >= 15 is 0 Å². The van der Waals surface area contributed by atoms with Gasteiger partial charge >= 0.3 is 0 Å². The molecule has 6 heteroatoms. The molecule has 0 unspecified atom stereocenters. The van der Waals surface area contributed by atoms with Gasteiger partial charge in [0.1, 0.15) is 5.78 Å². The molecule has 2 rings (SSSR count). The van der Waals surface area contributed by atoms with Gasteiger partial charge in [-0.05, 0) is 25.0 Å². The minimum absolute atomic E-state index is 0.110. The Kier molecular flexibility index (Phi) is 3.76. The quantitative estimate of drug-likeness (QED) is 0.842. The summed E-state index contributed by atoms with van der Waals surface area (Å²) in [5.41, 5.74) is 0.603. The molecule has 18 heavy (non-hydrogen) atoms. The lowest BCUT2D eigenvalue weighted by molar-refractivity contribution is -0.118. The molecule has 1 aliphatic carbocycles. The van der Waals surface area contributed by atoms with Crippen LogP contribution in [0, 0.1) is 0 Å². The van der Waals surface area contributed by atoms with Gasteiger partial charge in [-0.3, -0.25) is 4.79 Å². The molecular formula is C12H14N2O3S. The van der Waals surface area contributed by atoms with E-state index in [0.29, 0.717) is 18.6 Å². The van der Waals surface area contributed by atoms with Crippen molar-refractivity contribution in [2.24, 2.45) is 5.10 Å². The number of nitrogens with one attached hydrogen (secondary N) is 1. The monoisotopic (exact) mass is 266 g/mol. The summed E-state index contributed by atoms with van der Waals surface area (Å²) in [6.07, 6.45) is 2.22. The van der Waals surface area contributed by atoms with Crippen LogP contribution in [0.15, 0.2) is 40.3 Å². The summed E-state index contributed by atoms with van der Waals surface area (Å²) < 4.78 is 23.7. The molecule has 0 bridgehead atoms. The number of carbonyl (C=O) groups excluding carboxylic acids is 1. The van der Waals surface area contributed by atoms with Gasteiger partial charge in [-0.15, -0.1) is 0 Å². The Morgan fingerprint density at radius 1 is 1.11 bits per heavy atom. The van der Waals surface area contributed by atoms with E-state index in [4.69, 9.17) is 0 Å². The highest BCUT2D eigenvalue weighted by Gasteiger charge is 2.16. The maximum atomic E-state index is 11.9. The van der Waals surface area contributed by atoms with E-state index in [1.807, 2.05) is 0 Å². The van der Waals surface area contributed by atoms with E-state index in [1.165, 1.54) is 12.1 Å². The van der Waals surface area contributed by atoms with Crippen molar-refractivity contribution in [3.8, 4) is 0 Å². The molecule has 1 fully saturated rings. The van der Waals surface area contributed by atoms with Gasteiger partial charge in [0, 0.05) is 18.6 Å².